The molecule has 1 heterocycles. The molecule has 1 aromatic rings. The minimum absolute atomic E-state index is 0.0649. The molecule has 1 rings (SSSR count). The fourth-order valence-corrected chi connectivity index (χ4v) is 1.84. The SMILES string of the molecule is CC(C#N)CN(C)Cc1cncc(Br)c1. The first-order valence-electron chi connectivity index (χ1n) is 4.79. The second-order valence-corrected chi connectivity index (χ2v) is 4.65. The molecule has 15 heavy (non-hydrogen) atoms. The van der Waals surface area contributed by atoms with Crippen molar-refractivity contribution < 1.29 is 0 Å². The minimum atomic E-state index is 0.0649. The van der Waals surface area contributed by atoms with E-state index in [1.54, 1.807) is 6.20 Å². The maximum atomic E-state index is 8.70. The van der Waals surface area contributed by atoms with Gasteiger partial charge in [-0.25, -0.2) is 0 Å². The Bertz CT molecular complexity index is 359. The van der Waals surface area contributed by atoms with Crippen LogP contribution in [0, 0.1) is 17.2 Å². The lowest BCUT2D eigenvalue weighted by Gasteiger charge is -2.17. The highest BCUT2D eigenvalue weighted by atomic mass is 79.9. The molecule has 0 N–H and O–H groups in total. The van der Waals surface area contributed by atoms with Crippen LogP contribution in [0.25, 0.3) is 0 Å². The highest BCUT2D eigenvalue weighted by Gasteiger charge is 2.06. The van der Waals surface area contributed by atoms with E-state index < -0.39 is 0 Å². The van der Waals surface area contributed by atoms with Gasteiger partial charge < -0.3 is 4.90 Å². The molecular formula is C11H14BrN3. The summed E-state index contributed by atoms with van der Waals surface area (Å²) in [6.07, 6.45) is 3.61. The largest absolute Gasteiger partial charge is 0.301 e. The smallest absolute Gasteiger partial charge is 0.0666 e. The van der Waals surface area contributed by atoms with Crippen molar-refractivity contribution in [3.8, 4) is 6.07 Å². The summed E-state index contributed by atoms with van der Waals surface area (Å²) in [6, 6.07) is 4.27. The van der Waals surface area contributed by atoms with Crippen LogP contribution in [-0.4, -0.2) is 23.5 Å². The predicted molar refractivity (Wildman–Crippen MR) is 63.0 cm³/mol. The van der Waals surface area contributed by atoms with E-state index in [-0.39, 0.29) is 5.92 Å². The highest BCUT2D eigenvalue weighted by Crippen LogP contribution is 2.11. The third kappa shape index (κ3) is 4.41. The van der Waals surface area contributed by atoms with Gasteiger partial charge in [-0.1, -0.05) is 0 Å². The topological polar surface area (TPSA) is 39.9 Å². The van der Waals surface area contributed by atoms with Crippen LogP contribution in [0.1, 0.15) is 12.5 Å². The summed E-state index contributed by atoms with van der Waals surface area (Å²) in [7, 11) is 2.01. The molecule has 0 aliphatic carbocycles. The van der Waals surface area contributed by atoms with Crippen molar-refractivity contribution in [1.29, 1.82) is 5.26 Å². The van der Waals surface area contributed by atoms with Crippen LogP contribution in [0.5, 0.6) is 0 Å². The normalized spacial score (nSPS) is 12.5. The van der Waals surface area contributed by atoms with Crippen molar-refractivity contribution >= 4 is 15.9 Å². The fourth-order valence-electron chi connectivity index (χ4n) is 1.43. The number of rotatable bonds is 4. The van der Waals surface area contributed by atoms with Gasteiger partial charge in [0.15, 0.2) is 0 Å². The van der Waals surface area contributed by atoms with E-state index in [9.17, 15) is 0 Å². The molecule has 4 heteroatoms. The van der Waals surface area contributed by atoms with Crippen molar-refractivity contribution in [2.45, 2.75) is 13.5 Å². The molecule has 80 valence electrons. The molecule has 0 radical (unpaired) electrons. The van der Waals surface area contributed by atoms with E-state index in [2.05, 4.69) is 31.9 Å². The van der Waals surface area contributed by atoms with E-state index in [1.165, 1.54) is 0 Å². The van der Waals surface area contributed by atoms with E-state index in [1.807, 2.05) is 26.2 Å². The predicted octanol–water partition coefficient (Wildman–Crippen LogP) is 2.44. The lowest BCUT2D eigenvalue weighted by molar-refractivity contribution is 0.303. The molecule has 0 spiro atoms. The Morgan fingerprint density at radius 1 is 1.60 bits per heavy atom. The molecule has 0 saturated heterocycles. The monoisotopic (exact) mass is 267 g/mol. The Morgan fingerprint density at radius 2 is 2.33 bits per heavy atom. The van der Waals surface area contributed by atoms with Crippen LogP contribution >= 0.6 is 15.9 Å². The van der Waals surface area contributed by atoms with Crippen LogP contribution in [0.2, 0.25) is 0 Å². The second-order valence-electron chi connectivity index (χ2n) is 3.74. The Morgan fingerprint density at radius 3 is 2.93 bits per heavy atom. The zero-order valence-electron chi connectivity index (χ0n) is 8.94. The van der Waals surface area contributed by atoms with Crippen molar-refractivity contribution in [2.75, 3.05) is 13.6 Å². The van der Waals surface area contributed by atoms with Gasteiger partial charge in [-0.05, 0) is 41.5 Å². The van der Waals surface area contributed by atoms with Gasteiger partial charge in [-0.15, -0.1) is 0 Å². The summed E-state index contributed by atoms with van der Waals surface area (Å²) in [5.41, 5.74) is 1.15. The average molecular weight is 268 g/mol. The fraction of sp³-hybridized carbons (Fsp3) is 0.455. The third-order valence-electron chi connectivity index (χ3n) is 2.02. The molecule has 1 unspecified atom stereocenters. The molecule has 0 fully saturated rings. The highest BCUT2D eigenvalue weighted by molar-refractivity contribution is 9.10. The number of hydrogen-bond acceptors (Lipinski definition) is 3. The number of pyridine rings is 1. The number of hydrogen-bond donors (Lipinski definition) is 0. The maximum absolute atomic E-state index is 8.70. The molecule has 1 aromatic heterocycles. The van der Waals surface area contributed by atoms with E-state index in [4.69, 9.17) is 5.26 Å². The Balaban J connectivity index is 2.52. The van der Waals surface area contributed by atoms with Gasteiger partial charge in [0.25, 0.3) is 0 Å². The van der Waals surface area contributed by atoms with E-state index in [0.717, 1.165) is 23.1 Å². The molecule has 0 saturated carbocycles. The van der Waals surface area contributed by atoms with Crippen molar-refractivity contribution in [1.82, 2.24) is 9.88 Å². The molecule has 0 aromatic carbocycles. The number of halogens is 1. The molecular weight excluding hydrogens is 254 g/mol. The zero-order valence-corrected chi connectivity index (χ0v) is 10.5. The summed E-state index contributed by atoms with van der Waals surface area (Å²) in [5, 5.41) is 8.70. The van der Waals surface area contributed by atoms with Gasteiger partial charge in [-0.2, -0.15) is 5.26 Å². The molecule has 0 bridgehead atoms. The van der Waals surface area contributed by atoms with Gasteiger partial charge in [0.05, 0.1) is 12.0 Å². The standard InChI is InChI=1S/C11H14BrN3/c1-9(4-13)7-15(2)8-10-3-11(12)6-14-5-10/h3,5-6,9H,7-8H2,1-2H3. The Hall–Kier alpha value is -0.920. The van der Waals surface area contributed by atoms with Gasteiger partial charge in [0.1, 0.15) is 0 Å². The van der Waals surface area contributed by atoms with Crippen molar-refractivity contribution in [3.63, 3.8) is 0 Å². The Labute approximate surface area is 98.9 Å². The Kier molecular flexibility index (Phi) is 4.73. The van der Waals surface area contributed by atoms with E-state index >= 15 is 0 Å². The van der Waals surface area contributed by atoms with Gasteiger partial charge in [0.2, 0.25) is 0 Å². The average Bonchev–Trinajstić information content (AvgIpc) is 2.17. The zero-order chi connectivity index (χ0) is 11.3. The molecule has 0 aliphatic heterocycles. The summed E-state index contributed by atoms with van der Waals surface area (Å²) >= 11 is 3.38. The number of aromatic nitrogens is 1. The summed E-state index contributed by atoms with van der Waals surface area (Å²) in [4.78, 5) is 6.22. The number of nitriles is 1. The first-order valence-corrected chi connectivity index (χ1v) is 5.58. The van der Waals surface area contributed by atoms with Crippen molar-refractivity contribution in [3.05, 3.63) is 28.5 Å². The molecule has 0 aliphatic rings. The first-order chi connectivity index (χ1) is 7.11. The summed E-state index contributed by atoms with van der Waals surface area (Å²) < 4.78 is 0.988. The van der Waals surface area contributed by atoms with Gasteiger partial charge in [0, 0.05) is 30.0 Å². The number of nitrogens with zero attached hydrogens (tertiary/aromatic N) is 3. The lowest BCUT2D eigenvalue weighted by Crippen LogP contribution is -2.23. The van der Waals surface area contributed by atoms with Crippen molar-refractivity contribution in [2.24, 2.45) is 5.92 Å². The van der Waals surface area contributed by atoms with Crippen LogP contribution in [0.3, 0.4) is 0 Å². The maximum Gasteiger partial charge on any atom is 0.0666 e. The minimum Gasteiger partial charge on any atom is -0.301 e. The molecule has 0 amide bonds. The third-order valence-corrected chi connectivity index (χ3v) is 2.45. The second kappa shape index (κ2) is 5.84. The van der Waals surface area contributed by atoms with Crippen LogP contribution < -0.4 is 0 Å². The summed E-state index contributed by atoms with van der Waals surface area (Å²) in [5.74, 6) is 0.0649. The first kappa shape index (κ1) is 12.2. The summed E-state index contributed by atoms with van der Waals surface area (Å²) in [6.45, 7) is 3.52. The van der Waals surface area contributed by atoms with Crippen LogP contribution in [0.4, 0.5) is 0 Å². The van der Waals surface area contributed by atoms with Crippen LogP contribution in [-0.2, 0) is 6.54 Å². The lowest BCUT2D eigenvalue weighted by atomic mass is 10.2. The quantitative estimate of drug-likeness (QED) is 0.842. The molecule has 1 atom stereocenters. The van der Waals surface area contributed by atoms with Gasteiger partial charge in [-0.3, -0.25) is 4.98 Å². The molecule has 3 nitrogen and oxygen atoms in total. The van der Waals surface area contributed by atoms with E-state index in [0.29, 0.717) is 0 Å². The van der Waals surface area contributed by atoms with Crippen LogP contribution in [0.15, 0.2) is 22.9 Å². The van der Waals surface area contributed by atoms with Gasteiger partial charge >= 0.3 is 0 Å².